The summed E-state index contributed by atoms with van der Waals surface area (Å²) in [6, 6.07) is 14.7. The number of hydrogen-bond donors (Lipinski definition) is 2. The zero-order valence-electron chi connectivity index (χ0n) is 41.4. The molecule has 1 saturated heterocycles. The number of anilines is 1. The molecule has 0 radical (unpaired) electrons. The molecular weight excluding hydrogens is 861 g/mol. The van der Waals surface area contributed by atoms with Crippen molar-refractivity contribution in [2.45, 2.75) is 143 Å². The third-order valence-electron chi connectivity index (χ3n) is 12.4. The lowest BCUT2D eigenvalue weighted by atomic mass is 9.86. The van der Waals surface area contributed by atoms with E-state index < -0.39 is 47.1 Å². The number of fused-ring (bicyclic) bond motifs is 2. The highest BCUT2D eigenvalue weighted by Crippen LogP contribution is 2.40. The molecule has 5 aromatic rings. The molecule has 1 aliphatic heterocycles. The summed E-state index contributed by atoms with van der Waals surface area (Å²) in [6.07, 6.45) is 3.97. The fourth-order valence-electron chi connectivity index (χ4n) is 6.75. The highest BCUT2D eigenvalue weighted by atomic mass is 28.4. The predicted octanol–water partition coefficient (Wildman–Crippen LogP) is 10.9. The maximum Gasteiger partial charge on any atom is 0.506 e. The number of aromatic nitrogens is 4. The first-order valence-electron chi connectivity index (χ1n) is 22.5. The summed E-state index contributed by atoms with van der Waals surface area (Å²) in [5, 5.41) is 21.1. The predicted molar refractivity (Wildman–Crippen MR) is 265 cm³/mol. The van der Waals surface area contributed by atoms with Gasteiger partial charge in [-0.15, -0.1) is 0 Å². The van der Waals surface area contributed by atoms with Crippen molar-refractivity contribution in [3.63, 3.8) is 0 Å². The molecule has 6 rings (SSSR count). The van der Waals surface area contributed by atoms with Crippen molar-refractivity contribution in [1.82, 2.24) is 19.1 Å². The minimum atomic E-state index is -2.03. The molecule has 0 saturated carbocycles. The quantitative estimate of drug-likeness (QED) is 0.143. The zero-order valence-corrected chi connectivity index (χ0v) is 43.4. The number of ether oxygens (including phenoxy) is 2. The second-order valence-corrected chi connectivity index (χ2v) is 31.6. The summed E-state index contributed by atoms with van der Waals surface area (Å²) in [5.41, 5.74) is 1.34. The van der Waals surface area contributed by atoms with Crippen LogP contribution in [0.5, 0.6) is 11.5 Å². The molecule has 1 aliphatic rings. The zero-order chi connectivity index (χ0) is 48.7. The van der Waals surface area contributed by atoms with Crippen LogP contribution >= 0.6 is 0 Å². The van der Waals surface area contributed by atoms with Crippen LogP contribution in [0.1, 0.15) is 95.9 Å². The monoisotopic (exact) mass is 931 g/mol. The van der Waals surface area contributed by atoms with Crippen LogP contribution in [-0.2, 0) is 9.47 Å². The maximum absolute atomic E-state index is 13.4. The van der Waals surface area contributed by atoms with Gasteiger partial charge in [0.15, 0.2) is 0 Å². The number of alkyl halides is 1. The Labute approximate surface area is 387 Å². The highest BCUT2D eigenvalue weighted by Gasteiger charge is 2.40. The van der Waals surface area contributed by atoms with Crippen LogP contribution in [0.3, 0.4) is 0 Å². The lowest BCUT2D eigenvalue weighted by Crippen LogP contribution is -2.43. The van der Waals surface area contributed by atoms with Crippen molar-refractivity contribution in [3.05, 3.63) is 60.9 Å². The van der Waals surface area contributed by atoms with Crippen molar-refractivity contribution in [1.29, 1.82) is 0 Å². The SMILES string of the molecule is CC(C)(C)OC(=O)n1c(-c2cnc(N3CCC(CF)CC3)nc2)cc2cc(O[Si](C)(C)C(C)(C)C)ccc21.CC(C)(C)OC(=O)n1c(B(O)O)cc2cc(O[Si](C)(C)C(C)(C)C)ccc21. The molecule has 3 aromatic heterocycles. The third kappa shape index (κ3) is 12.4. The molecule has 4 heterocycles. The van der Waals surface area contributed by atoms with Gasteiger partial charge in [0.05, 0.1) is 29.0 Å². The number of piperidine rings is 1. The molecule has 0 bridgehead atoms. The summed E-state index contributed by atoms with van der Waals surface area (Å²) < 4.78 is 39.8. The van der Waals surface area contributed by atoms with Gasteiger partial charge in [-0.3, -0.25) is 8.96 Å². The first kappa shape index (κ1) is 51.3. The van der Waals surface area contributed by atoms with E-state index in [1.54, 1.807) is 55.9 Å². The summed E-state index contributed by atoms with van der Waals surface area (Å²) in [6.45, 7) is 33.9. The van der Waals surface area contributed by atoms with Crippen LogP contribution in [0.25, 0.3) is 33.1 Å². The Hall–Kier alpha value is -4.71. The van der Waals surface area contributed by atoms with E-state index in [1.165, 1.54) is 4.57 Å². The normalized spacial score (nSPS) is 14.5. The number of carbonyl (C=O) groups is 2. The molecule has 1 fully saturated rings. The van der Waals surface area contributed by atoms with Gasteiger partial charge in [-0.1, -0.05) is 41.5 Å². The Kier molecular flexibility index (Phi) is 14.9. The number of halogens is 1. The van der Waals surface area contributed by atoms with E-state index in [-0.39, 0.29) is 28.3 Å². The van der Waals surface area contributed by atoms with Crippen molar-refractivity contribution >= 4 is 69.3 Å². The molecular formula is C48H71BFN5O8Si2. The molecule has 354 valence electrons. The van der Waals surface area contributed by atoms with Crippen molar-refractivity contribution in [3.8, 4) is 22.8 Å². The van der Waals surface area contributed by atoms with Gasteiger partial charge in [0, 0.05) is 41.8 Å². The van der Waals surface area contributed by atoms with E-state index in [0.717, 1.165) is 42.6 Å². The van der Waals surface area contributed by atoms with Crippen LogP contribution in [0.4, 0.5) is 19.9 Å². The molecule has 65 heavy (non-hydrogen) atoms. The first-order chi connectivity index (χ1) is 29.8. The molecule has 0 amide bonds. The Balaban J connectivity index is 0.000000259. The maximum atomic E-state index is 13.4. The van der Waals surface area contributed by atoms with Crippen molar-refractivity contribution in [2.75, 3.05) is 24.7 Å². The average Bonchev–Trinajstić information content (AvgIpc) is 3.75. The average molecular weight is 932 g/mol. The van der Waals surface area contributed by atoms with Crippen molar-refractivity contribution in [2.24, 2.45) is 5.92 Å². The van der Waals surface area contributed by atoms with Crippen LogP contribution in [0.15, 0.2) is 60.9 Å². The molecule has 0 aliphatic carbocycles. The van der Waals surface area contributed by atoms with E-state index in [4.69, 9.17) is 18.3 Å². The minimum Gasteiger partial charge on any atom is -0.543 e. The second kappa shape index (κ2) is 18.9. The van der Waals surface area contributed by atoms with Crippen LogP contribution < -0.4 is 19.3 Å². The standard InChI is InChI=1S/C29H41FN4O3Si.C19H30BNO5Si/c1-28(2,3)36-27(35)34-24-10-9-23(37-38(7,8)29(4,5)6)15-21(24)16-25(34)22-18-31-26(32-19-22)33-13-11-20(17-30)12-14-33;1-18(2,3)25-17(22)21-15-10-9-14(26-27(7,8)19(4,5)6)11-13(15)12-16(21)20(23)24/h9-10,15-16,18-20H,11-14,17H2,1-8H3;9-12,23-24H,1-8H3. The summed E-state index contributed by atoms with van der Waals surface area (Å²) in [5.74, 6) is 2.24. The Morgan fingerprint density at radius 1 is 0.692 bits per heavy atom. The van der Waals surface area contributed by atoms with Gasteiger partial charge >= 0.3 is 19.3 Å². The number of hydrogen-bond acceptors (Lipinski definition) is 11. The fourth-order valence-corrected chi connectivity index (χ4v) is 8.80. The molecule has 0 unspecified atom stereocenters. The van der Waals surface area contributed by atoms with Gasteiger partial charge in [0.1, 0.15) is 22.7 Å². The smallest absolute Gasteiger partial charge is 0.506 e. The highest BCUT2D eigenvalue weighted by molar-refractivity contribution is 6.75. The van der Waals surface area contributed by atoms with Gasteiger partial charge < -0.3 is 33.3 Å². The van der Waals surface area contributed by atoms with E-state index in [1.807, 2.05) is 51.1 Å². The largest absolute Gasteiger partial charge is 0.543 e. The Morgan fingerprint density at radius 3 is 1.54 bits per heavy atom. The van der Waals surface area contributed by atoms with Crippen LogP contribution in [0, 0.1) is 5.92 Å². The molecule has 2 aromatic carbocycles. The van der Waals surface area contributed by atoms with Crippen molar-refractivity contribution < 1.29 is 42.4 Å². The lowest BCUT2D eigenvalue weighted by Gasteiger charge is -2.36. The third-order valence-corrected chi connectivity index (χ3v) is 21.1. The molecule has 0 spiro atoms. The van der Waals surface area contributed by atoms with Gasteiger partial charge in [-0.05, 0) is 145 Å². The van der Waals surface area contributed by atoms with Crippen LogP contribution in [-0.4, -0.2) is 96.1 Å². The molecule has 13 nitrogen and oxygen atoms in total. The molecule has 0 atom stereocenters. The van der Waals surface area contributed by atoms with E-state index in [2.05, 4.69) is 82.6 Å². The summed E-state index contributed by atoms with van der Waals surface area (Å²) in [7, 11) is -5.84. The van der Waals surface area contributed by atoms with E-state index in [9.17, 15) is 24.0 Å². The van der Waals surface area contributed by atoms with Gasteiger partial charge in [0.25, 0.3) is 0 Å². The lowest BCUT2D eigenvalue weighted by molar-refractivity contribution is 0.0536. The van der Waals surface area contributed by atoms with Gasteiger partial charge in [-0.25, -0.2) is 24.1 Å². The van der Waals surface area contributed by atoms with Gasteiger partial charge in [-0.2, -0.15) is 0 Å². The molecule has 17 heteroatoms. The van der Waals surface area contributed by atoms with E-state index in [0.29, 0.717) is 33.9 Å². The minimum absolute atomic E-state index is 0.0524. The topological polar surface area (TPSA) is 150 Å². The number of carbonyl (C=O) groups excluding carboxylic acids is 2. The Morgan fingerprint density at radius 2 is 1.12 bits per heavy atom. The summed E-state index contributed by atoms with van der Waals surface area (Å²) in [4.78, 5) is 37.3. The number of nitrogens with zero attached hydrogens (tertiary/aromatic N) is 5. The van der Waals surface area contributed by atoms with Gasteiger partial charge in [0.2, 0.25) is 22.6 Å². The fraction of sp³-hybridized carbons (Fsp3) is 0.542. The van der Waals surface area contributed by atoms with E-state index >= 15 is 0 Å². The number of rotatable bonds is 8. The summed E-state index contributed by atoms with van der Waals surface area (Å²) >= 11 is 0. The first-order valence-corrected chi connectivity index (χ1v) is 28.3. The second-order valence-electron chi connectivity index (χ2n) is 22.1. The number of benzene rings is 2. The molecule has 2 N–H and O–H groups in total. The van der Waals surface area contributed by atoms with Crippen LogP contribution in [0.2, 0.25) is 36.3 Å². The Bertz CT molecular complexity index is 2470.